The van der Waals surface area contributed by atoms with Crippen LogP contribution in [0.3, 0.4) is 0 Å². The molecule has 2 heterocycles. The molecule has 0 saturated carbocycles. The molecule has 0 bridgehead atoms. The average molecular weight is 288 g/mol. The van der Waals surface area contributed by atoms with E-state index in [1.807, 2.05) is 11.0 Å². The summed E-state index contributed by atoms with van der Waals surface area (Å²) < 4.78 is 2.35. The van der Waals surface area contributed by atoms with Crippen molar-refractivity contribution in [1.82, 2.24) is 9.47 Å². The predicted octanol–water partition coefficient (Wildman–Crippen LogP) is 2.74. The van der Waals surface area contributed by atoms with Crippen molar-refractivity contribution < 1.29 is 4.79 Å². The Morgan fingerprint density at radius 1 is 1.00 bits per heavy atom. The summed E-state index contributed by atoms with van der Waals surface area (Å²) in [7, 11) is 1.65. The van der Waals surface area contributed by atoms with E-state index >= 15 is 0 Å². The Morgan fingerprint density at radius 2 is 1.73 bits per heavy atom. The number of fused-ring (bicyclic) bond motifs is 3. The van der Waals surface area contributed by atoms with E-state index < -0.39 is 0 Å². The number of benzene rings is 2. The lowest BCUT2D eigenvalue weighted by Gasteiger charge is -2.27. The van der Waals surface area contributed by atoms with Crippen LogP contribution in [0.4, 0.5) is 4.79 Å². The number of para-hydroxylation sites is 2. The molecule has 0 saturated heterocycles. The predicted molar refractivity (Wildman–Crippen MR) is 91.3 cm³/mol. The molecule has 0 unspecified atom stereocenters. The number of amides is 1. The first-order valence-corrected chi connectivity index (χ1v) is 7.68. The van der Waals surface area contributed by atoms with Gasteiger partial charge in [0.15, 0.2) is 5.81 Å². The number of hydrogen-bond acceptors (Lipinski definition) is 1. The van der Waals surface area contributed by atoms with Crippen LogP contribution in [0.5, 0.6) is 0 Å². The molecule has 3 aromatic rings. The number of carbonyl (C=O) groups excluding carboxylic acids is 1. The van der Waals surface area contributed by atoms with Crippen LogP contribution in [0.1, 0.15) is 11.3 Å². The molecule has 22 heavy (non-hydrogen) atoms. The van der Waals surface area contributed by atoms with Gasteiger partial charge in [0.05, 0.1) is 5.52 Å². The smallest absolute Gasteiger partial charge is 0.215 e. The van der Waals surface area contributed by atoms with Gasteiger partial charge in [0.1, 0.15) is 0 Å². The molecule has 1 aromatic heterocycles. The van der Waals surface area contributed by atoms with Crippen molar-refractivity contribution in [2.75, 3.05) is 6.54 Å². The average Bonchev–Trinajstić information content (AvgIpc) is 2.89. The Hall–Kier alpha value is -2.49. The molecule has 3 nitrogen and oxygen atoms in total. The molecular weight excluding hydrogens is 271 g/mol. The highest BCUT2D eigenvalue weighted by atomic mass is 16.1. The van der Waals surface area contributed by atoms with Crippen molar-refractivity contribution in [2.24, 2.45) is 0 Å². The van der Waals surface area contributed by atoms with Crippen molar-refractivity contribution in [1.29, 1.82) is 0 Å². The Bertz CT molecular complexity index is 854. The lowest BCUT2D eigenvalue weighted by atomic mass is 10.0. The van der Waals surface area contributed by atoms with Crippen LogP contribution in [0.15, 0.2) is 54.6 Å². The Labute approximate surface area is 130 Å². The first-order chi connectivity index (χ1) is 10.8. The highest BCUT2D eigenvalue weighted by Gasteiger charge is 2.25. The largest absolute Gasteiger partial charge is 0.347 e. The number of nitrogens with zero attached hydrogens (tertiary/aromatic N) is 2. The van der Waals surface area contributed by atoms with Crippen LogP contribution in [0.25, 0.3) is 16.6 Å². The zero-order valence-corrected chi connectivity index (χ0v) is 12.6. The van der Waals surface area contributed by atoms with Gasteiger partial charge in [-0.15, -0.1) is 0 Å². The van der Waals surface area contributed by atoms with Crippen molar-refractivity contribution in [3.8, 4) is 5.69 Å². The third kappa shape index (κ3) is 1.95. The first kappa shape index (κ1) is 13.2. The number of rotatable bonds is 1. The van der Waals surface area contributed by atoms with Gasteiger partial charge in [-0.1, -0.05) is 36.4 Å². The van der Waals surface area contributed by atoms with Gasteiger partial charge in [-0.05, 0) is 18.2 Å². The second kappa shape index (κ2) is 5.06. The van der Waals surface area contributed by atoms with Crippen LogP contribution < -0.4 is 0 Å². The molecule has 4 heteroatoms. The van der Waals surface area contributed by atoms with E-state index in [1.54, 1.807) is 7.85 Å². The third-order valence-electron chi connectivity index (χ3n) is 4.52. The van der Waals surface area contributed by atoms with Gasteiger partial charge in [-0.2, -0.15) is 0 Å². The summed E-state index contributed by atoms with van der Waals surface area (Å²) in [6.07, 6.45) is 0.901. The molecule has 4 rings (SSSR count). The summed E-state index contributed by atoms with van der Waals surface area (Å²) >= 11 is 0. The zero-order valence-electron chi connectivity index (χ0n) is 12.6. The van der Waals surface area contributed by atoms with Crippen LogP contribution in [-0.4, -0.2) is 29.7 Å². The maximum absolute atomic E-state index is 11.7. The van der Waals surface area contributed by atoms with Gasteiger partial charge in [0.2, 0.25) is 7.85 Å². The summed E-state index contributed by atoms with van der Waals surface area (Å²) in [6.45, 7) is 1.51. The molecule has 0 N–H and O–H groups in total. The van der Waals surface area contributed by atoms with Gasteiger partial charge in [-0.25, -0.2) is 0 Å². The minimum atomic E-state index is 0.155. The Morgan fingerprint density at radius 3 is 2.50 bits per heavy atom. The molecular formula is C18H17BN2O. The van der Waals surface area contributed by atoms with Gasteiger partial charge in [0.25, 0.3) is 0 Å². The third-order valence-corrected chi connectivity index (χ3v) is 4.52. The maximum Gasteiger partial charge on any atom is 0.215 e. The fraction of sp³-hybridized carbons (Fsp3) is 0.167. The molecule has 0 atom stereocenters. The second-order valence-corrected chi connectivity index (χ2v) is 5.80. The summed E-state index contributed by atoms with van der Waals surface area (Å²) in [6, 6.07) is 19.0. The Balaban J connectivity index is 1.97. The minimum Gasteiger partial charge on any atom is -0.347 e. The fourth-order valence-corrected chi connectivity index (χ4v) is 3.45. The van der Waals surface area contributed by atoms with E-state index in [1.165, 1.54) is 27.8 Å². The lowest BCUT2D eigenvalue weighted by Crippen LogP contribution is -2.35. The number of aromatic nitrogens is 1. The summed E-state index contributed by atoms with van der Waals surface area (Å²) in [4.78, 5) is 13.7. The van der Waals surface area contributed by atoms with Crippen molar-refractivity contribution in [3.05, 3.63) is 65.9 Å². The monoisotopic (exact) mass is 288 g/mol. The molecule has 0 spiro atoms. The fourth-order valence-electron chi connectivity index (χ4n) is 3.45. The van der Waals surface area contributed by atoms with Gasteiger partial charge >= 0.3 is 0 Å². The van der Waals surface area contributed by atoms with E-state index in [9.17, 15) is 4.79 Å². The molecule has 1 aliphatic heterocycles. The minimum absolute atomic E-state index is 0.155. The highest BCUT2D eigenvalue weighted by Crippen LogP contribution is 2.33. The summed E-state index contributed by atoms with van der Waals surface area (Å²) in [5, 5.41) is 1.26. The molecule has 1 amide bonds. The van der Waals surface area contributed by atoms with Gasteiger partial charge in [-0.3, -0.25) is 4.79 Å². The molecule has 1 aliphatic rings. The summed E-state index contributed by atoms with van der Waals surface area (Å²) in [5.41, 5.74) is 5.05. The van der Waals surface area contributed by atoms with Crippen molar-refractivity contribution >= 4 is 24.6 Å². The quantitative estimate of drug-likeness (QED) is 0.632. The normalized spacial score (nSPS) is 14.1. The molecule has 2 aromatic carbocycles. The highest BCUT2D eigenvalue weighted by molar-refractivity contribution is 6.56. The molecule has 0 radical (unpaired) electrons. The van der Waals surface area contributed by atoms with Crippen LogP contribution in [0, 0.1) is 0 Å². The topological polar surface area (TPSA) is 25.2 Å². The number of carbonyl (C=O) groups is 1. The van der Waals surface area contributed by atoms with Crippen LogP contribution in [-0.2, 0) is 13.0 Å². The maximum atomic E-state index is 11.7. The van der Waals surface area contributed by atoms with E-state index in [0.29, 0.717) is 6.54 Å². The van der Waals surface area contributed by atoms with Gasteiger partial charge < -0.3 is 9.47 Å². The molecule has 0 fully saturated rings. The SMILES string of the molecule is BC(=O)N1CCc2c(c3ccccc3n2-c2ccccc2)C1. The van der Waals surface area contributed by atoms with Crippen molar-refractivity contribution in [2.45, 2.75) is 13.0 Å². The molecule has 108 valence electrons. The first-order valence-electron chi connectivity index (χ1n) is 7.68. The van der Waals surface area contributed by atoms with Crippen LogP contribution in [0.2, 0.25) is 0 Å². The molecule has 0 aliphatic carbocycles. The van der Waals surface area contributed by atoms with Crippen molar-refractivity contribution in [3.63, 3.8) is 0 Å². The van der Waals surface area contributed by atoms with Crippen LogP contribution >= 0.6 is 0 Å². The van der Waals surface area contributed by atoms with Gasteiger partial charge in [0, 0.05) is 41.8 Å². The van der Waals surface area contributed by atoms with E-state index in [-0.39, 0.29) is 5.81 Å². The standard InChI is InChI=1S/C18H17BN2O/c19-18(22)20-11-10-17-15(12-20)14-8-4-5-9-16(14)21(17)13-6-2-1-3-7-13/h1-9H,10-12,19H2. The number of hydrogen-bond donors (Lipinski definition) is 0. The van der Waals surface area contributed by atoms with E-state index in [4.69, 9.17) is 0 Å². The zero-order chi connectivity index (χ0) is 15.1. The summed E-state index contributed by atoms with van der Waals surface area (Å²) in [5.74, 6) is 0.155. The Kier molecular flexibility index (Phi) is 3.03. The van der Waals surface area contributed by atoms with E-state index in [2.05, 4.69) is 53.1 Å². The van der Waals surface area contributed by atoms with E-state index in [0.717, 1.165) is 13.0 Å². The second-order valence-electron chi connectivity index (χ2n) is 5.80. The lowest BCUT2D eigenvalue weighted by molar-refractivity contribution is 0.216.